The van der Waals surface area contributed by atoms with E-state index in [0.717, 1.165) is 11.5 Å². The lowest BCUT2D eigenvalue weighted by Gasteiger charge is -2.27. The van der Waals surface area contributed by atoms with Gasteiger partial charge in [0, 0.05) is 19.5 Å². The lowest BCUT2D eigenvalue weighted by Crippen LogP contribution is -2.40. The van der Waals surface area contributed by atoms with Gasteiger partial charge in [0.2, 0.25) is 5.91 Å². The number of amides is 3. The number of rotatable bonds is 4. The molecule has 0 spiro atoms. The van der Waals surface area contributed by atoms with Gasteiger partial charge in [-0.15, -0.1) is 11.3 Å². The van der Waals surface area contributed by atoms with Gasteiger partial charge in [-0.05, 0) is 36.3 Å². The molecule has 2 fully saturated rings. The first kappa shape index (κ1) is 15.3. The Kier molecular flexibility index (Phi) is 4.97. The van der Waals surface area contributed by atoms with Crippen molar-refractivity contribution in [3.63, 3.8) is 0 Å². The molecule has 1 aliphatic heterocycles. The third-order valence-electron chi connectivity index (χ3n) is 4.51. The number of thiophene rings is 1. The molecule has 5 nitrogen and oxygen atoms in total. The molecule has 0 bridgehead atoms. The second-order valence-electron chi connectivity index (χ2n) is 6.28. The normalized spacial score (nSPS) is 22.8. The molecule has 3 rings (SSSR count). The molecule has 1 aliphatic carbocycles. The number of nitrogens with one attached hydrogen (secondary N) is 2. The highest BCUT2D eigenvalue weighted by Crippen LogP contribution is 2.26. The van der Waals surface area contributed by atoms with Crippen LogP contribution in [0.5, 0.6) is 0 Å². The van der Waals surface area contributed by atoms with E-state index < -0.39 is 0 Å². The molecule has 1 saturated carbocycles. The maximum absolute atomic E-state index is 12.1. The number of hydrogen-bond acceptors (Lipinski definition) is 3. The molecule has 2 N–H and O–H groups in total. The molecule has 1 unspecified atom stereocenters. The van der Waals surface area contributed by atoms with Crippen LogP contribution in [0.25, 0.3) is 0 Å². The fourth-order valence-corrected chi connectivity index (χ4v) is 4.02. The Balaban J connectivity index is 1.45. The van der Waals surface area contributed by atoms with Crippen molar-refractivity contribution in [3.05, 3.63) is 17.5 Å². The van der Waals surface area contributed by atoms with Crippen molar-refractivity contribution in [3.8, 4) is 0 Å². The second-order valence-corrected chi connectivity index (χ2v) is 7.23. The summed E-state index contributed by atoms with van der Waals surface area (Å²) in [5.41, 5.74) is 0. The molecule has 0 radical (unpaired) electrons. The van der Waals surface area contributed by atoms with Gasteiger partial charge in [-0.25, -0.2) is 4.79 Å². The average Bonchev–Trinajstić information content (AvgIpc) is 3.11. The van der Waals surface area contributed by atoms with E-state index in [2.05, 4.69) is 10.6 Å². The molecule has 1 saturated heterocycles. The van der Waals surface area contributed by atoms with Crippen LogP contribution >= 0.6 is 11.3 Å². The first-order valence-corrected chi connectivity index (χ1v) is 8.97. The van der Waals surface area contributed by atoms with Gasteiger partial charge >= 0.3 is 6.03 Å². The number of likely N-dealkylation sites (tertiary alicyclic amines) is 1. The first-order valence-electron chi connectivity index (χ1n) is 8.09. The first-order chi connectivity index (χ1) is 10.7. The van der Waals surface area contributed by atoms with Crippen LogP contribution in [0.3, 0.4) is 0 Å². The van der Waals surface area contributed by atoms with Gasteiger partial charge in [0.25, 0.3) is 0 Å². The highest BCUT2D eigenvalue weighted by molar-refractivity contribution is 7.14. The van der Waals surface area contributed by atoms with Crippen LogP contribution in [0.15, 0.2) is 17.5 Å². The quantitative estimate of drug-likeness (QED) is 0.895. The standard InChI is InChI=1S/C16H23N3O2S/c20-15-9-13(17-16(21)18-14-7-4-8-22-14)11-19(15)10-12-5-2-1-3-6-12/h4,7-8,12-13H,1-3,5-6,9-11H2,(H2,17,18,21). The summed E-state index contributed by atoms with van der Waals surface area (Å²) in [5.74, 6) is 0.823. The molecule has 1 aromatic heterocycles. The molecule has 1 atom stereocenters. The Morgan fingerprint density at radius 1 is 1.32 bits per heavy atom. The van der Waals surface area contributed by atoms with Gasteiger partial charge in [0.05, 0.1) is 11.0 Å². The van der Waals surface area contributed by atoms with Crippen molar-refractivity contribution in [1.29, 1.82) is 0 Å². The third-order valence-corrected chi connectivity index (χ3v) is 5.30. The molecular formula is C16H23N3O2S. The molecule has 22 heavy (non-hydrogen) atoms. The maximum atomic E-state index is 12.1. The van der Waals surface area contributed by atoms with Crippen molar-refractivity contribution in [1.82, 2.24) is 10.2 Å². The summed E-state index contributed by atoms with van der Waals surface area (Å²) < 4.78 is 0. The van der Waals surface area contributed by atoms with Crippen LogP contribution in [0.2, 0.25) is 0 Å². The molecule has 2 aliphatic rings. The molecule has 2 heterocycles. The minimum atomic E-state index is -0.222. The van der Waals surface area contributed by atoms with Crippen LogP contribution in [0, 0.1) is 5.92 Å². The van der Waals surface area contributed by atoms with E-state index in [9.17, 15) is 9.59 Å². The zero-order valence-corrected chi connectivity index (χ0v) is 13.5. The van der Waals surface area contributed by atoms with Crippen LogP contribution in [-0.4, -0.2) is 36.0 Å². The van der Waals surface area contributed by atoms with Gasteiger partial charge in [-0.2, -0.15) is 0 Å². The molecular weight excluding hydrogens is 298 g/mol. The number of nitrogens with zero attached hydrogens (tertiary/aromatic N) is 1. The second kappa shape index (κ2) is 7.13. The summed E-state index contributed by atoms with van der Waals surface area (Å²) in [6, 6.07) is 3.46. The van der Waals surface area contributed by atoms with Crippen molar-refractivity contribution in [2.75, 3.05) is 18.4 Å². The van der Waals surface area contributed by atoms with Gasteiger partial charge in [0.1, 0.15) is 0 Å². The molecule has 120 valence electrons. The average molecular weight is 321 g/mol. The number of urea groups is 1. The predicted octanol–water partition coefficient (Wildman–Crippen LogP) is 3.05. The summed E-state index contributed by atoms with van der Waals surface area (Å²) in [4.78, 5) is 26.0. The zero-order chi connectivity index (χ0) is 15.4. The van der Waals surface area contributed by atoms with Crippen LogP contribution in [0.4, 0.5) is 9.80 Å². The Morgan fingerprint density at radius 2 is 2.14 bits per heavy atom. The number of hydrogen-bond donors (Lipinski definition) is 2. The summed E-state index contributed by atoms with van der Waals surface area (Å²) in [7, 11) is 0. The van der Waals surface area contributed by atoms with E-state index in [-0.39, 0.29) is 18.0 Å². The SMILES string of the molecule is O=C(Nc1cccs1)NC1CC(=O)N(CC2CCCCC2)C1. The van der Waals surface area contributed by atoms with Crippen molar-refractivity contribution >= 4 is 28.3 Å². The number of carbonyl (C=O) groups excluding carboxylic acids is 2. The summed E-state index contributed by atoms with van der Waals surface area (Å²) in [5, 5.41) is 8.44. The molecule has 0 aromatic carbocycles. The molecule has 6 heteroatoms. The van der Waals surface area contributed by atoms with E-state index in [1.54, 1.807) is 0 Å². The van der Waals surface area contributed by atoms with Crippen LogP contribution in [-0.2, 0) is 4.79 Å². The minimum Gasteiger partial charge on any atom is -0.340 e. The van der Waals surface area contributed by atoms with Crippen molar-refractivity contribution in [2.45, 2.75) is 44.6 Å². The Morgan fingerprint density at radius 3 is 2.86 bits per heavy atom. The van der Waals surface area contributed by atoms with Gasteiger partial charge in [-0.1, -0.05) is 19.3 Å². The highest BCUT2D eigenvalue weighted by Gasteiger charge is 2.32. The van der Waals surface area contributed by atoms with Crippen molar-refractivity contribution < 1.29 is 9.59 Å². The van der Waals surface area contributed by atoms with Crippen LogP contribution < -0.4 is 10.6 Å². The largest absolute Gasteiger partial charge is 0.340 e. The molecule has 1 aromatic rings. The fraction of sp³-hybridized carbons (Fsp3) is 0.625. The number of anilines is 1. The fourth-order valence-electron chi connectivity index (χ4n) is 3.41. The van der Waals surface area contributed by atoms with Crippen LogP contribution in [0.1, 0.15) is 38.5 Å². The third kappa shape index (κ3) is 4.00. The van der Waals surface area contributed by atoms with E-state index in [4.69, 9.17) is 0 Å². The van der Waals surface area contributed by atoms with Crippen molar-refractivity contribution in [2.24, 2.45) is 5.92 Å². The van der Waals surface area contributed by atoms with E-state index in [1.807, 2.05) is 22.4 Å². The van der Waals surface area contributed by atoms with Gasteiger partial charge < -0.3 is 10.2 Å². The zero-order valence-electron chi connectivity index (χ0n) is 12.7. The smallest absolute Gasteiger partial charge is 0.320 e. The lowest BCUT2D eigenvalue weighted by atomic mass is 9.89. The highest BCUT2D eigenvalue weighted by atomic mass is 32.1. The monoisotopic (exact) mass is 321 g/mol. The van der Waals surface area contributed by atoms with E-state index in [0.29, 0.717) is 18.9 Å². The number of carbonyl (C=O) groups is 2. The minimum absolute atomic E-state index is 0.0731. The summed E-state index contributed by atoms with van der Waals surface area (Å²) in [6.07, 6.45) is 6.80. The van der Waals surface area contributed by atoms with E-state index in [1.165, 1.54) is 43.4 Å². The topological polar surface area (TPSA) is 61.4 Å². The van der Waals surface area contributed by atoms with Gasteiger partial charge in [0.15, 0.2) is 0 Å². The molecule has 3 amide bonds. The summed E-state index contributed by atoms with van der Waals surface area (Å²) >= 11 is 1.48. The lowest BCUT2D eigenvalue weighted by molar-refractivity contribution is -0.128. The van der Waals surface area contributed by atoms with Gasteiger partial charge in [-0.3, -0.25) is 10.1 Å². The Bertz CT molecular complexity index is 511. The predicted molar refractivity (Wildman–Crippen MR) is 88.0 cm³/mol. The summed E-state index contributed by atoms with van der Waals surface area (Å²) in [6.45, 7) is 1.51. The maximum Gasteiger partial charge on any atom is 0.320 e. The Hall–Kier alpha value is -1.56. The Labute approximate surface area is 135 Å². The van der Waals surface area contributed by atoms with E-state index >= 15 is 0 Å².